The highest BCUT2D eigenvalue weighted by Crippen LogP contribution is 2.49. The van der Waals surface area contributed by atoms with Crippen LogP contribution >= 0.6 is 0 Å². The minimum absolute atomic E-state index is 0.00518. The van der Waals surface area contributed by atoms with E-state index >= 15 is 0 Å². The largest absolute Gasteiger partial charge is 0.456 e. The molecule has 1 aliphatic carbocycles. The second-order valence-corrected chi connectivity index (χ2v) is 6.83. The quantitative estimate of drug-likeness (QED) is 0.620. The van der Waals surface area contributed by atoms with Crippen molar-refractivity contribution in [1.82, 2.24) is 0 Å². The van der Waals surface area contributed by atoms with Crippen molar-refractivity contribution in [3.05, 3.63) is 35.9 Å². The highest BCUT2D eigenvalue weighted by molar-refractivity contribution is 5.89. The van der Waals surface area contributed by atoms with Gasteiger partial charge in [0.25, 0.3) is 0 Å². The maximum Gasteiger partial charge on any atom is 0.338 e. The summed E-state index contributed by atoms with van der Waals surface area (Å²) in [4.78, 5) is 12.3. The smallest absolute Gasteiger partial charge is 0.338 e. The van der Waals surface area contributed by atoms with Gasteiger partial charge < -0.3 is 18.9 Å². The molecule has 2 aliphatic heterocycles. The average molecular weight is 304 g/mol. The lowest BCUT2D eigenvalue weighted by atomic mass is 9.83. The van der Waals surface area contributed by atoms with Crippen molar-refractivity contribution in [2.24, 2.45) is 0 Å². The predicted molar refractivity (Wildman–Crippen MR) is 77.4 cm³/mol. The molecule has 118 valence electrons. The number of ether oxygens (including phenoxy) is 4. The number of carbonyl (C=O) groups excluding carboxylic acids is 1. The van der Waals surface area contributed by atoms with E-state index < -0.39 is 11.4 Å². The van der Waals surface area contributed by atoms with Gasteiger partial charge in [-0.25, -0.2) is 4.79 Å². The molecule has 0 amide bonds. The zero-order chi connectivity index (χ0) is 15.4. The molecule has 2 heterocycles. The molecule has 0 radical (unpaired) electrons. The van der Waals surface area contributed by atoms with E-state index in [1.807, 2.05) is 32.0 Å². The Bertz CT molecular complexity index is 584. The first-order valence-electron chi connectivity index (χ1n) is 7.72. The molecule has 2 saturated heterocycles. The molecule has 0 aromatic heterocycles. The fourth-order valence-corrected chi connectivity index (χ4v) is 3.56. The lowest BCUT2D eigenvalue weighted by Crippen LogP contribution is -2.46. The Morgan fingerprint density at radius 1 is 1.23 bits per heavy atom. The van der Waals surface area contributed by atoms with E-state index in [0.29, 0.717) is 18.6 Å². The molecule has 0 unspecified atom stereocenters. The summed E-state index contributed by atoms with van der Waals surface area (Å²) in [5.74, 6) is -0.898. The first kappa shape index (κ1) is 14.2. The van der Waals surface area contributed by atoms with Crippen molar-refractivity contribution in [3.8, 4) is 0 Å². The van der Waals surface area contributed by atoms with Crippen molar-refractivity contribution in [2.75, 3.05) is 6.61 Å². The number of hydrogen-bond donors (Lipinski definition) is 0. The summed E-state index contributed by atoms with van der Waals surface area (Å²) in [5, 5.41) is 0. The maximum absolute atomic E-state index is 12.3. The van der Waals surface area contributed by atoms with E-state index in [0.717, 1.165) is 6.42 Å². The van der Waals surface area contributed by atoms with Crippen LogP contribution in [0.4, 0.5) is 0 Å². The Balaban J connectivity index is 1.48. The van der Waals surface area contributed by atoms with Crippen molar-refractivity contribution in [2.45, 2.75) is 56.4 Å². The molecular weight excluding hydrogens is 284 g/mol. The summed E-state index contributed by atoms with van der Waals surface area (Å²) in [7, 11) is 0. The van der Waals surface area contributed by atoms with Crippen molar-refractivity contribution in [1.29, 1.82) is 0 Å². The van der Waals surface area contributed by atoms with Crippen LogP contribution in [0.5, 0.6) is 0 Å². The third-order valence-electron chi connectivity index (χ3n) is 4.55. The summed E-state index contributed by atoms with van der Waals surface area (Å²) < 4.78 is 23.2. The van der Waals surface area contributed by atoms with Crippen LogP contribution in [0.1, 0.15) is 37.0 Å². The third kappa shape index (κ3) is 2.53. The van der Waals surface area contributed by atoms with Gasteiger partial charge in [0, 0.05) is 12.8 Å². The normalized spacial score (nSPS) is 38.5. The molecule has 5 nitrogen and oxygen atoms in total. The van der Waals surface area contributed by atoms with Gasteiger partial charge in [-0.3, -0.25) is 0 Å². The van der Waals surface area contributed by atoms with E-state index in [2.05, 4.69) is 0 Å². The second kappa shape index (κ2) is 4.78. The van der Waals surface area contributed by atoms with Gasteiger partial charge in [-0.1, -0.05) is 18.2 Å². The van der Waals surface area contributed by atoms with Gasteiger partial charge in [-0.15, -0.1) is 0 Å². The van der Waals surface area contributed by atoms with Crippen LogP contribution in [0.2, 0.25) is 0 Å². The van der Waals surface area contributed by atoms with E-state index in [1.54, 1.807) is 12.1 Å². The third-order valence-corrected chi connectivity index (χ3v) is 4.55. The fourth-order valence-electron chi connectivity index (χ4n) is 3.56. The number of hydrogen-bond acceptors (Lipinski definition) is 5. The number of carbonyl (C=O) groups is 1. The van der Waals surface area contributed by atoms with Gasteiger partial charge in [-0.2, -0.15) is 0 Å². The number of fused-ring (bicyclic) bond motifs is 1. The summed E-state index contributed by atoms with van der Waals surface area (Å²) in [5.41, 5.74) is 0.159. The minimum atomic E-state index is -0.588. The number of esters is 1. The van der Waals surface area contributed by atoms with Crippen molar-refractivity contribution in [3.63, 3.8) is 0 Å². The van der Waals surface area contributed by atoms with E-state index in [-0.39, 0.29) is 24.3 Å². The van der Waals surface area contributed by atoms with Crippen molar-refractivity contribution >= 4 is 5.97 Å². The van der Waals surface area contributed by atoms with E-state index in [9.17, 15) is 4.79 Å². The standard InChI is InChI=1S/C17H20O5/c1-16(2)19-10-17(22-16)8-12-14(20-12)13(9-17)21-15(18)11-6-4-3-5-7-11/h3-7,12-14H,8-10H2,1-2H3/t12-,13-,14-,17+/m1/s1. The molecule has 4 rings (SSSR count). The molecule has 5 heteroatoms. The first-order chi connectivity index (χ1) is 10.5. The minimum Gasteiger partial charge on any atom is -0.456 e. The Morgan fingerprint density at radius 3 is 2.68 bits per heavy atom. The van der Waals surface area contributed by atoms with Gasteiger partial charge in [0.1, 0.15) is 17.8 Å². The monoisotopic (exact) mass is 304 g/mol. The van der Waals surface area contributed by atoms with Gasteiger partial charge in [0.15, 0.2) is 5.79 Å². The van der Waals surface area contributed by atoms with Gasteiger partial charge in [0.05, 0.1) is 18.3 Å². The van der Waals surface area contributed by atoms with Crippen molar-refractivity contribution < 1.29 is 23.7 Å². The Kier molecular flexibility index (Phi) is 3.08. The lowest BCUT2D eigenvalue weighted by molar-refractivity contribution is -0.171. The molecule has 1 aromatic rings. The SMILES string of the molecule is CC1(C)OC[C@]2(C[C@@H](OC(=O)c3ccccc3)[C@@H]3O[C@@H]3C2)O1. The first-order valence-corrected chi connectivity index (χ1v) is 7.72. The average Bonchev–Trinajstić information content (AvgIpc) is 3.19. The van der Waals surface area contributed by atoms with Crippen LogP contribution in [-0.4, -0.2) is 42.3 Å². The zero-order valence-corrected chi connectivity index (χ0v) is 12.8. The highest BCUT2D eigenvalue weighted by Gasteiger charge is 2.61. The molecule has 3 aliphatic rings. The van der Waals surface area contributed by atoms with Gasteiger partial charge in [-0.05, 0) is 26.0 Å². The Labute approximate surface area is 129 Å². The Hall–Kier alpha value is -1.43. The molecular formula is C17H20O5. The summed E-state index contributed by atoms with van der Waals surface area (Å²) in [6.45, 7) is 4.34. The Morgan fingerprint density at radius 2 is 2.00 bits per heavy atom. The molecule has 1 aromatic carbocycles. The van der Waals surface area contributed by atoms with Crippen LogP contribution < -0.4 is 0 Å². The second-order valence-electron chi connectivity index (χ2n) is 6.83. The van der Waals surface area contributed by atoms with Gasteiger partial charge >= 0.3 is 5.97 Å². The molecule has 1 saturated carbocycles. The summed E-state index contributed by atoms with van der Waals surface area (Å²) in [6, 6.07) is 9.03. The molecule has 22 heavy (non-hydrogen) atoms. The van der Waals surface area contributed by atoms with Crippen LogP contribution in [0.15, 0.2) is 30.3 Å². The molecule has 3 fully saturated rings. The molecule has 4 atom stereocenters. The number of epoxide rings is 1. The predicted octanol–water partition coefficient (Wildman–Crippen LogP) is 2.29. The number of benzene rings is 1. The van der Waals surface area contributed by atoms with Crippen LogP contribution in [0.25, 0.3) is 0 Å². The molecule has 0 N–H and O–H groups in total. The molecule has 1 spiro atoms. The van der Waals surface area contributed by atoms with E-state index in [1.165, 1.54) is 0 Å². The zero-order valence-electron chi connectivity index (χ0n) is 12.8. The van der Waals surface area contributed by atoms with Gasteiger partial charge in [0.2, 0.25) is 0 Å². The van der Waals surface area contributed by atoms with Crippen LogP contribution in [-0.2, 0) is 18.9 Å². The fraction of sp³-hybridized carbons (Fsp3) is 0.588. The van der Waals surface area contributed by atoms with Crippen LogP contribution in [0.3, 0.4) is 0 Å². The summed E-state index contributed by atoms with van der Waals surface area (Å²) >= 11 is 0. The lowest BCUT2D eigenvalue weighted by Gasteiger charge is -2.34. The molecule has 0 bridgehead atoms. The number of rotatable bonds is 2. The van der Waals surface area contributed by atoms with E-state index in [4.69, 9.17) is 18.9 Å². The summed E-state index contributed by atoms with van der Waals surface area (Å²) in [6.07, 6.45) is 1.27. The topological polar surface area (TPSA) is 57.3 Å². The maximum atomic E-state index is 12.3. The highest BCUT2D eigenvalue weighted by atomic mass is 16.8. The van der Waals surface area contributed by atoms with Crippen LogP contribution in [0, 0.1) is 0 Å².